The molecule has 25 heavy (non-hydrogen) atoms. The van der Waals surface area contributed by atoms with Crippen LogP contribution in [-0.4, -0.2) is 15.3 Å². The second-order valence-corrected chi connectivity index (χ2v) is 7.02. The Balaban J connectivity index is 1.90. The van der Waals surface area contributed by atoms with Crippen molar-refractivity contribution in [2.24, 2.45) is 0 Å². The van der Waals surface area contributed by atoms with E-state index in [9.17, 15) is 5.11 Å². The highest BCUT2D eigenvalue weighted by Gasteiger charge is 2.21. The summed E-state index contributed by atoms with van der Waals surface area (Å²) in [6.07, 6.45) is 0. The van der Waals surface area contributed by atoms with E-state index in [1.807, 2.05) is 61.5 Å². The van der Waals surface area contributed by atoms with Gasteiger partial charge in [-0.2, -0.15) is 0 Å². The van der Waals surface area contributed by atoms with Gasteiger partial charge in [0.25, 0.3) is 0 Å². The lowest BCUT2D eigenvalue weighted by Gasteiger charge is -2.22. The van der Waals surface area contributed by atoms with Crippen LogP contribution in [0.2, 0.25) is 0 Å². The molecule has 0 bridgehead atoms. The second-order valence-electron chi connectivity index (χ2n) is 5.83. The summed E-state index contributed by atoms with van der Waals surface area (Å²) in [5.41, 5.74) is 1.90. The number of hydrogen-bond acceptors (Lipinski definition) is 5. The number of aryl methyl sites for hydroxylation is 1. The van der Waals surface area contributed by atoms with E-state index in [1.54, 1.807) is 6.07 Å². The van der Waals surface area contributed by atoms with Crippen molar-refractivity contribution in [2.45, 2.75) is 13.0 Å². The van der Waals surface area contributed by atoms with Crippen LogP contribution in [-0.2, 0) is 0 Å². The number of benzene rings is 3. The van der Waals surface area contributed by atoms with E-state index < -0.39 is 0 Å². The van der Waals surface area contributed by atoms with Crippen LogP contribution >= 0.6 is 11.3 Å². The number of anilines is 1. The van der Waals surface area contributed by atoms with Crippen molar-refractivity contribution >= 4 is 27.2 Å². The first-order valence-electron chi connectivity index (χ1n) is 8.04. The van der Waals surface area contributed by atoms with Gasteiger partial charge in [-0.15, -0.1) is 10.2 Å². The maximum absolute atomic E-state index is 10.7. The van der Waals surface area contributed by atoms with E-state index in [-0.39, 0.29) is 11.8 Å². The third-order valence-electron chi connectivity index (χ3n) is 4.16. The maximum atomic E-state index is 10.7. The van der Waals surface area contributed by atoms with Gasteiger partial charge in [0.05, 0.1) is 6.04 Å². The van der Waals surface area contributed by atoms with Crippen molar-refractivity contribution in [1.29, 1.82) is 0 Å². The minimum atomic E-state index is -0.223. The Kier molecular flexibility index (Phi) is 4.07. The van der Waals surface area contributed by atoms with E-state index in [2.05, 4.69) is 21.6 Å². The van der Waals surface area contributed by atoms with Gasteiger partial charge in [-0.1, -0.05) is 72.0 Å². The van der Waals surface area contributed by atoms with E-state index in [4.69, 9.17) is 0 Å². The lowest BCUT2D eigenvalue weighted by atomic mass is 9.93. The van der Waals surface area contributed by atoms with Gasteiger partial charge < -0.3 is 10.4 Å². The molecule has 4 nitrogen and oxygen atoms in total. The zero-order valence-corrected chi connectivity index (χ0v) is 14.5. The van der Waals surface area contributed by atoms with E-state index >= 15 is 0 Å². The lowest BCUT2D eigenvalue weighted by Crippen LogP contribution is -2.13. The van der Waals surface area contributed by atoms with Crippen LogP contribution in [0.3, 0.4) is 0 Å². The molecular weight excluding hydrogens is 330 g/mol. The Labute approximate surface area is 149 Å². The molecule has 4 rings (SSSR count). The van der Waals surface area contributed by atoms with Crippen LogP contribution in [0.5, 0.6) is 5.75 Å². The topological polar surface area (TPSA) is 58.0 Å². The van der Waals surface area contributed by atoms with Crippen LogP contribution in [0.25, 0.3) is 10.8 Å². The van der Waals surface area contributed by atoms with Gasteiger partial charge in [0.1, 0.15) is 10.8 Å². The molecule has 0 saturated carbocycles. The number of aromatic nitrogens is 2. The standard InChI is InChI=1S/C20H17N3OS/c1-13-22-23-20(25-13)21-19(15-8-3-2-4-9-15)18-16-10-6-5-7-14(16)11-12-17(18)24/h2-12,19,24H,1H3,(H,21,23). The van der Waals surface area contributed by atoms with Gasteiger partial charge >= 0.3 is 0 Å². The van der Waals surface area contributed by atoms with E-state index in [0.717, 1.165) is 32.0 Å². The number of phenolic OH excluding ortho intramolecular Hbond substituents is 1. The summed E-state index contributed by atoms with van der Waals surface area (Å²) in [5.74, 6) is 0.265. The lowest BCUT2D eigenvalue weighted by molar-refractivity contribution is 0.468. The fourth-order valence-corrected chi connectivity index (χ4v) is 3.65. The Morgan fingerprint density at radius 3 is 2.44 bits per heavy atom. The first-order valence-corrected chi connectivity index (χ1v) is 8.86. The van der Waals surface area contributed by atoms with Gasteiger partial charge in [0.2, 0.25) is 5.13 Å². The highest BCUT2D eigenvalue weighted by molar-refractivity contribution is 7.15. The molecule has 0 aliphatic heterocycles. The fourth-order valence-electron chi connectivity index (χ4n) is 3.03. The number of rotatable bonds is 4. The highest BCUT2D eigenvalue weighted by Crippen LogP contribution is 2.38. The molecule has 124 valence electrons. The highest BCUT2D eigenvalue weighted by atomic mass is 32.1. The molecule has 0 aliphatic rings. The van der Waals surface area contributed by atoms with Gasteiger partial charge in [-0.05, 0) is 29.3 Å². The number of nitrogens with zero attached hydrogens (tertiary/aromatic N) is 2. The Morgan fingerprint density at radius 2 is 1.68 bits per heavy atom. The van der Waals surface area contributed by atoms with Gasteiger partial charge in [-0.25, -0.2) is 0 Å². The zero-order chi connectivity index (χ0) is 17.2. The molecule has 1 aromatic heterocycles. The van der Waals surface area contributed by atoms with Gasteiger partial charge in [-0.3, -0.25) is 0 Å². The molecule has 5 heteroatoms. The van der Waals surface area contributed by atoms with Crippen molar-refractivity contribution < 1.29 is 5.11 Å². The van der Waals surface area contributed by atoms with E-state index in [1.165, 1.54) is 11.3 Å². The predicted octanol–water partition coefficient (Wildman–Crippen LogP) is 4.91. The normalized spacial score (nSPS) is 12.2. The molecule has 0 amide bonds. The summed E-state index contributed by atoms with van der Waals surface area (Å²) in [6.45, 7) is 1.93. The zero-order valence-electron chi connectivity index (χ0n) is 13.7. The first kappa shape index (κ1) is 15.6. The molecule has 4 aromatic rings. The van der Waals surface area contributed by atoms with Crippen molar-refractivity contribution in [3.8, 4) is 5.75 Å². The van der Waals surface area contributed by atoms with Crippen molar-refractivity contribution in [1.82, 2.24) is 10.2 Å². The van der Waals surface area contributed by atoms with Crippen LogP contribution in [0.15, 0.2) is 66.7 Å². The molecule has 0 radical (unpaired) electrons. The third kappa shape index (κ3) is 3.06. The molecule has 1 heterocycles. The van der Waals surface area contributed by atoms with Gasteiger partial charge in [0.15, 0.2) is 0 Å². The molecule has 0 saturated heterocycles. The second kappa shape index (κ2) is 6.53. The number of aromatic hydroxyl groups is 1. The summed E-state index contributed by atoms with van der Waals surface area (Å²) >= 11 is 1.50. The summed E-state index contributed by atoms with van der Waals surface area (Å²) in [4.78, 5) is 0. The fraction of sp³-hybridized carbons (Fsp3) is 0.100. The molecule has 1 unspecified atom stereocenters. The van der Waals surface area contributed by atoms with Crippen LogP contribution < -0.4 is 5.32 Å². The molecule has 0 spiro atoms. The third-order valence-corrected chi connectivity index (χ3v) is 4.93. The first-order chi connectivity index (χ1) is 12.2. The molecular formula is C20H17N3OS. The summed E-state index contributed by atoms with van der Waals surface area (Å²) in [5, 5.41) is 26.1. The number of hydrogen-bond donors (Lipinski definition) is 2. The molecule has 2 N–H and O–H groups in total. The quantitative estimate of drug-likeness (QED) is 0.551. The average Bonchev–Trinajstić information content (AvgIpc) is 3.06. The summed E-state index contributed by atoms with van der Waals surface area (Å²) in [7, 11) is 0. The van der Waals surface area contributed by atoms with Gasteiger partial charge in [0, 0.05) is 5.56 Å². The Hall–Kier alpha value is -2.92. The molecule has 0 aliphatic carbocycles. The van der Waals surface area contributed by atoms with Crippen LogP contribution in [0.1, 0.15) is 22.2 Å². The minimum absolute atomic E-state index is 0.223. The van der Waals surface area contributed by atoms with Crippen molar-refractivity contribution in [2.75, 3.05) is 5.32 Å². The van der Waals surface area contributed by atoms with Crippen molar-refractivity contribution in [3.05, 3.63) is 82.9 Å². The molecule has 0 fully saturated rings. The largest absolute Gasteiger partial charge is 0.508 e. The number of fused-ring (bicyclic) bond motifs is 1. The molecule has 1 atom stereocenters. The SMILES string of the molecule is Cc1nnc(NC(c2ccccc2)c2c(O)ccc3ccccc23)s1. The van der Waals surface area contributed by atoms with Crippen LogP contribution in [0.4, 0.5) is 5.13 Å². The smallest absolute Gasteiger partial charge is 0.206 e. The summed E-state index contributed by atoms with van der Waals surface area (Å²) in [6, 6.07) is 21.6. The molecule has 3 aromatic carbocycles. The number of nitrogens with one attached hydrogen (secondary N) is 1. The Bertz CT molecular complexity index is 1010. The predicted molar refractivity (Wildman–Crippen MR) is 102 cm³/mol. The van der Waals surface area contributed by atoms with E-state index in [0.29, 0.717) is 0 Å². The number of phenols is 1. The maximum Gasteiger partial charge on any atom is 0.206 e. The average molecular weight is 347 g/mol. The minimum Gasteiger partial charge on any atom is -0.508 e. The monoisotopic (exact) mass is 347 g/mol. The summed E-state index contributed by atoms with van der Waals surface area (Å²) < 4.78 is 0. The van der Waals surface area contributed by atoms with Crippen LogP contribution in [0, 0.1) is 6.92 Å². The Morgan fingerprint density at radius 1 is 0.920 bits per heavy atom. The van der Waals surface area contributed by atoms with Crippen molar-refractivity contribution in [3.63, 3.8) is 0 Å².